The molecule has 0 radical (unpaired) electrons. The van der Waals surface area contributed by atoms with Crippen LogP contribution in [0.4, 0.5) is 0 Å². The lowest BCUT2D eigenvalue weighted by atomic mass is 9.49. The first-order valence-corrected chi connectivity index (χ1v) is 8.43. The van der Waals surface area contributed by atoms with Crippen LogP contribution in [0.5, 0.6) is 0 Å². The van der Waals surface area contributed by atoms with Gasteiger partial charge < -0.3 is 5.32 Å². The SMILES string of the molecule is C[C@]12CCC(=O)NC1=CCC1C2C(=O)C[C@]2(C)C(=O)CCC12. The van der Waals surface area contributed by atoms with Crippen molar-refractivity contribution in [3.05, 3.63) is 11.8 Å². The third-order valence-corrected chi connectivity index (χ3v) is 7.01. The third-order valence-electron chi connectivity index (χ3n) is 7.01. The number of fused-ring (bicyclic) bond motifs is 5. The Morgan fingerprint density at radius 3 is 2.68 bits per heavy atom. The first kappa shape index (κ1) is 14.2. The lowest BCUT2D eigenvalue weighted by Gasteiger charge is -2.54. The standard InChI is InChI=1S/C18H23NO3/c1-17-8-7-15(22)19-13(17)5-3-10-11-4-6-14(21)18(11,2)9-12(20)16(10)17/h5,10-11,16H,3-4,6-9H2,1-2H3,(H,19,22)/t10?,11?,16?,17-,18-/m0/s1. The minimum atomic E-state index is -0.433. The van der Waals surface area contributed by atoms with E-state index in [-0.39, 0.29) is 34.7 Å². The van der Waals surface area contributed by atoms with Gasteiger partial charge in [-0.25, -0.2) is 0 Å². The van der Waals surface area contributed by atoms with E-state index in [0.29, 0.717) is 25.2 Å². The Kier molecular flexibility index (Phi) is 2.77. The number of allylic oxidation sites excluding steroid dienone is 2. The first-order chi connectivity index (χ1) is 10.4. The van der Waals surface area contributed by atoms with Gasteiger partial charge in [0.05, 0.1) is 0 Å². The molecule has 4 nitrogen and oxygen atoms in total. The van der Waals surface area contributed by atoms with Gasteiger partial charge in [0.1, 0.15) is 11.6 Å². The number of piperidine rings is 1. The molecule has 0 spiro atoms. The molecule has 1 aliphatic heterocycles. The molecular weight excluding hydrogens is 278 g/mol. The molecule has 3 fully saturated rings. The first-order valence-electron chi connectivity index (χ1n) is 8.43. The molecule has 2 saturated carbocycles. The van der Waals surface area contributed by atoms with Gasteiger partial charge in [-0.3, -0.25) is 14.4 Å². The van der Waals surface area contributed by atoms with Crippen LogP contribution < -0.4 is 5.32 Å². The molecule has 0 aromatic heterocycles. The Hall–Kier alpha value is -1.45. The predicted molar refractivity (Wildman–Crippen MR) is 80.6 cm³/mol. The van der Waals surface area contributed by atoms with Crippen LogP contribution in [0.25, 0.3) is 0 Å². The summed E-state index contributed by atoms with van der Waals surface area (Å²) >= 11 is 0. The topological polar surface area (TPSA) is 63.2 Å². The molecule has 118 valence electrons. The maximum absolute atomic E-state index is 13.0. The van der Waals surface area contributed by atoms with Crippen LogP contribution in [0.1, 0.15) is 52.4 Å². The smallest absolute Gasteiger partial charge is 0.224 e. The average Bonchev–Trinajstić information content (AvgIpc) is 2.75. The Bertz CT molecular complexity index is 622. The zero-order valence-corrected chi connectivity index (χ0v) is 13.3. The van der Waals surface area contributed by atoms with Crippen molar-refractivity contribution in [1.29, 1.82) is 0 Å². The lowest BCUT2D eigenvalue weighted by Crippen LogP contribution is -2.57. The summed E-state index contributed by atoms with van der Waals surface area (Å²) in [6, 6.07) is 0. The van der Waals surface area contributed by atoms with Crippen LogP contribution in [-0.2, 0) is 14.4 Å². The summed E-state index contributed by atoms with van der Waals surface area (Å²) in [5.41, 5.74) is 0.268. The number of amides is 1. The van der Waals surface area contributed by atoms with E-state index in [4.69, 9.17) is 0 Å². The molecule has 0 bridgehead atoms. The summed E-state index contributed by atoms with van der Waals surface area (Å²) in [4.78, 5) is 37.0. The second-order valence-electron chi connectivity index (χ2n) is 8.09. The number of Topliss-reactive ketones (excluding diaryl/α,β-unsaturated/α-hetero) is 2. The van der Waals surface area contributed by atoms with Gasteiger partial charge in [-0.1, -0.05) is 19.9 Å². The minimum absolute atomic E-state index is 0.0305. The van der Waals surface area contributed by atoms with Gasteiger partial charge in [-0.15, -0.1) is 0 Å². The monoisotopic (exact) mass is 301 g/mol. The van der Waals surface area contributed by atoms with Gasteiger partial charge in [-0.2, -0.15) is 0 Å². The van der Waals surface area contributed by atoms with Crippen LogP contribution in [0.3, 0.4) is 0 Å². The molecule has 1 N–H and O–H groups in total. The number of nitrogens with one attached hydrogen (secondary N) is 1. The van der Waals surface area contributed by atoms with Crippen molar-refractivity contribution in [3.63, 3.8) is 0 Å². The number of hydrogen-bond acceptors (Lipinski definition) is 3. The highest BCUT2D eigenvalue weighted by molar-refractivity contribution is 5.96. The van der Waals surface area contributed by atoms with E-state index >= 15 is 0 Å². The Balaban J connectivity index is 1.77. The predicted octanol–water partition coefficient (Wildman–Crippen LogP) is 2.38. The van der Waals surface area contributed by atoms with Crippen molar-refractivity contribution in [3.8, 4) is 0 Å². The molecule has 1 saturated heterocycles. The number of ketones is 2. The fourth-order valence-electron chi connectivity index (χ4n) is 5.81. The summed E-state index contributed by atoms with van der Waals surface area (Å²) in [6.07, 6.45) is 6.13. The fourth-order valence-corrected chi connectivity index (χ4v) is 5.81. The van der Waals surface area contributed by atoms with Gasteiger partial charge in [0.25, 0.3) is 0 Å². The van der Waals surface area contributed by atoms with Gasteiger partial charge in [0.2, 0.25) is 5.91 Å². The molecule has 0 aromatic carbocycles. The van der Waals surface area contributed by atoms with E-state index in [1.807, 2.05) is 6.92 Å². The van der Waals surface area contributed by atoms with E-state index in [0.717, 1.165) is 25.0 Å². The van der Waals surface area contributed by atoms with E-state index in [1.54, 1.807) is 0 Å². The zero-order chi connectivity index (χ0) is 15.7. The molecule has 1 heterocycles. The largest absolute Gasteiger partial charge is 0.330 e. The van der Waals surface area contributed by atoms with Crippen molar-refractivity contribution < 1.29 is 14.4 Å². The van der Waals surface area contributed by atoms with Crippen LogP contribution >= 0.6 is 0 Å². The fraction of sp³-hybridized carbons (Fsp3) is 0.722. The molecule has 22 heavy (non-hydrogen) atoms. The maximum Gasteiger partial charge on any atom is 0.224 e. The van der Waals surface area contributed by atoms with Crippen molar-refractivity contribution in [2.45, 2.75) is 52.4 Å². The summed E-state index contributed by atoms with van der Waals surface area (Å²) in [6.45, 7) is 4.14. The van der Waals surface area contributed by atoms with Crippen molar-refractivity contribution in [2.75, 3.05) is 0 Å². The van der Waals surface area contributed by atoms with Gasteiger partial charge in [0.15, 0.2) is 0 Å². The van der Waals surface area contributed by atoms with Crippen LogP contribution in [-0.4, -0.2) is 17.5 Å². The second-order valence-corrected chi connectivity index (χ2v) is 8.09. The molecule has 4 aliphatic rings. The number of hydrogen-bond donors (Lipinski definition) is 1. The summed E-state index contributed by atoms with van der Waals surface area (Å²) in [7, 11) is 0. The van der Waals surface area contributed by atoms with E-state index in [2.05, 4.69) is 18.3 Å². The van der Waals surface area contributed by atoms with Crippen molar-refractivity contribution >= 4 is 17.5 Å². The number of rotatable bonds is 0. The van der Waals surface area contributed by atoms with Crippen LogP contribution in [0, 0.1) is 28.6 Å². The minimum Gasteiger partial charge on any atom is -0.330 e. The van der Waals surface area contributed by atoms with Crippen molar-refractivity contribution in [2.24, 2.45) is 28.6 Å². The summed E-state index contributed by atoms with van der Waals surface area (Å²) < 4.78 is 0. The molecule has 1 amide bonds. The average molecular weight is 301 g/mol. The van der Waals surface area contributed by atoms with E-state index < -0.39 is 5.41 Å². The highest BCUT2D eigenvalue weighted by Crippen LogP contribution is 2.61. The van der Waals surface area contributed by atoms with Crippen molar-refractivity contribution in [1.82, 2.24) is 5.32 Å². The summed E-state index contributed by atoms with van der Waals surface area (Å²) in [5, 5.41) is 2.99. The molecule has 0 aromatic rings. The Labute approximate surface area is 130 Å². The molecule has 4 heteroatoms. The highest BCUT2D eigenvalue weighted by atomic mass is 16.2. The maximum atomic E-state index is 13.0. The highest BCUT2D eigenvalue weighted by Gasteiger charge is 2.62. The Morgan fingerprint density at radius 2 is 1.91 bits per heavy atom. The van der Waals surface area contributed by atoms with Crippen LogP contribution in [0.2, 0.25) is 0 Å². The van der Waals surface area contributed by atoms with E-state index in [1.165, 1.54) is 0 Å². The quantitative estimate of drug-likeness (QED) is 0.747. The zero-order valence-electron chi connectivity index (χ0n) is 13.3. The molecule has 4 rings (SSSR count). The molecular formula is C18H23NO3. The number of carbonyl (C=O) groups is 3. The van der Waals surface area contributed by atoms with Crippen LogP contribution in [0.15, 0.2) is 11.8 Å². The summed E-state index contributed by atoms with van der Waals surface area (Å²) in [5.74, 6) is 1.14. The van der Waals surface area contributed by atoms with Gasteiger partial charge >= 0.3 is 0 Å². The molecule has 3 unspecified atom stereocenters. The third kappa shape index (κ3) is 1.61. The molecule has 3 aliphatic carbocycles. The Morgan fingerprint density at radius 1 is 1.14 bits per heavy atom. The van der Waals surface area contributed by atoms with E-state index in [9.17, 15) is 14.4 Å². The second kappa shape index (κ2) is 4.30. The van der Waals surface area contributed by atoms with Gasteiger partial charge in [0, 0.05) is 41.7 Å². The lowest BCUT2D eigenvalue weighted by molar-refractivity contribution is -0.149. The number of carbonyl (C=O) groups excluding carboxylic acids is 3. The molecule has 5 atom stereocenters. The normalized spacial score (nSPS) is 47.3. The van der Waals surface area contributed by atoms with Gasteiger partial charge in [-0.05, 0) is 31.1 Å².